The molecule has 1 atom stereocenters. The quantitative estimate of drug-likeness (QED) is 0.493. The molecule has 2 nitrogen and oxygen atoms in total. The Labute approximate surface area is 80.0 Å². The van der Waals surface area contributed by atoms with E-state index in [0.29, 0.717) is 0 Å². The van der Waals surface area contributed by atoms with Crippen LogP contribution in [0, 0.1) is 0 Å². The van der Waals surface area contributed by atoms with Gasteiger partial charge < -0.3 is 4.74 Å². The van der Waals surface area contributed by atoms with Crippen LogP contribution in [0.2, 0.25) is 0 Å². The van der Waals surface area contributed by atoms with Gasteiger partial charge in [0.2, 0.25) is 0 Å². The molecule has 0 saturated heterocycles. The predicted octanol–water partition coefficient (Wildman–Crippen LogP) is 2.83. The summed E-state index contributed by atoms with van der Waals surface area (Å²) in [5.74, 6) is -0.162. The van der Waals surface area contributed by atoms with E-state index in [-0.39, 0.29) is 12.1 Å². The number of rotatable bonds is 4. The van der Waals surface area contributed by atoms with E-state index in [9.17, 15) is 4.79 Å². The Morgan fingerprint density at radius 1 is 1.54 bits per heavy atom. The number of ether oxygens (including phenoxy) is 1. The third-order valence-electron chi connectivity index (χ3n) is 2.33. The first-order valence-electron chi connectivity index (χ1n) is 5.10. The molecular formula is C11H18O2. The van der Waals surface area contributed by atoms with E-state index in [2.05, 4.69) is 6.92 Å². The van der Waals surface area contributed by atoms with Gasteiger partial charge in [0.15, 0.2) is 0 Å². The average molecular weight is 182 g/mol. The third-order valence-corrected chi connectivity index (χ3v) is 2.33. The van der Waals surface area contributed by atoms with Crippen LogP contribution in [0.5, 0.6) is 0 Å². The van der Waals surface area contributed by atoms with Crippen molar-refractivity contribution in [2.75, 3.05) is 0 Å². The first-order chi connectivity index (χ1) is 6.22. The lowest BCUT2D eigenvalue weighted by Gasteiger charge is -2.21. The van der Waals surface area contributed by atoms with Crippen molar-refractivity contribution in [1.29, 1.82) is 0 Å². The van der Waals surface area contributed by atoms with E-state index in [0.717, 1.165) is 18.4 Å². The standard InChI is InChI=1S/C11H18O2/c1-3-4-5-6-10-7-9(2)8-11(12)13-10/h8,10H,3-7H2,1-2H3/t10-/m1/s1. The van der Waals surface area contributed by atoms with Crippen LogP contribution < -0.4 is 0 Å². The Morgan fingerprint density at radius 2 is 2.31 bits per heavy atom. The molecule has 0 aromatic carbocycles. The van der Waals surface area contributed by atoms with Gasteiger partial charge in [0.1, 0.15) is 6.10 Å². The maximum atomic E-state index is 11.0. The Kier molecular flexibility index (Phi) is 4.00. The highest BCUT2D eigenvalue weighted by Gasteiger charge is 2.18. The number of unbranched alkanes of at least 4 members (excludes halogenated alkanes) is 2. The van der Waals surface area contributed by atoms with Gasteiger partial charge in [-0.3, -0.25) is 0 Å². The zero-order chi connectivity index (χ0) is 9.68. The summed E-state index contributed by atoms with van der Waals surface area (Å²) in [5, 5.41) is 0. The van der Waals surface area contributed by atoms with Crippen LogP contribution in [0.4, 0.5) is 0 Å². The molecule has 0 unspecified atom stereocenters. The summed E-state index contributed by atoms with van der Waals surface area (Å²) < 4.78 is 5.19. The second-order valence-corrected chi connectivity index (χ2v) is 3.75. The predicted molar refractivity (Wildman–Crippen MR) is 52.4 cm³/mol. The summed E-state index contributed by atoms with van der Waals surface area (Å²) in [5.41, 5.74) is 1.15. The van der Waals surface area contributed by atoms with Crippen LogP contribution in [-0.4, -0.2) is 12.1 Å². The van der Waals surface area contributed by atoms with Crippen LogP contribution in [0.3, 0.4) is 0 Å². The number of cyclic esters (lactones) is 1. The number of hydrogen-bond acceptors (Lipinski definition) is 2. The van der Waals surface area contributed by atoms with Gasteiger partial charge in [-0.2, -0.15) is 0 Å². The molecule has 0 saturated carbocycles. The molecule has 13 heavy (non-hydrogen) atoms. The Hall–Kier alpha value is -0.790. The number of carbonyl (C=O) groups excluding carboxylic acids is 1. The topological polar surface area (TPSA) is 26.3 Å². The second-order valence-electron chi connectivity index (χ2n) is 3.75. The maximum Gasteiger partial charge on any atom is 0.330 e. The zero-order valence-electron chi connectivity index (χ0n) is 8.51. The van der Waals surface area contributed by atoms with Gasteiger partial charge in [0, 0.05) is 12.5 Å². The molecular weight excluding hydrogens is 164 g/mol. The Morgan fingerprint density at radius 3 is 2.92 bits per heavy atom. The fraction of sp³-hybridized carbons (Fsp3) is 0.727. The van der Waals surface area contributed by atoms with E-state index in [1.54, 1.807) is 6.08 Å². The summed E-state index contributed by atoms with van der Waals surface area (Å²) in [6, 6.07) is 0. The minimum Gasteiger partial charge on any atom is -0.459 e. The molecule has 0 radical (unpaired) electrons. The fourth-order valence-corrected chi connectivity index (χ4v) is 1.64. The molecule has 0 amide bonds. The summed E-state index contributed by atoms with van der Waals surface area (Å²) in [6.45, 7) is 4.17. The second kappa shape index (κ2) is 5.05. The van der Waals surface area contributed by atoms with E-state index in [1.807, 2.05) is 6.92 Å². The summed E-state index contributed by atoms with van der Waals surface area (Å²) in [7, 11) is 0. The van der Waals surface area contributed by atoms with Gasteiger partial charge in [-0.25, -0.2) is 4.79 Å². The Bertz CT molecular complexity index is 206. The van der Waals surface area contributed by atoms with Crippen LogP contribution in [0.25, 0.3) is 0 Å². The molecule has 74 valence electrons. The third kappa shape index (κ3) is 3.62. The molecule has 1 rings (SSSR count). The summed E-state index contributed by atoms with van der Waals surface area (Å²) >= 11 is 0. The van der Waals surface area contributed by atoms with Crippen LogP contribution >= 0.6 is 0 Å². The molecule has 0 spiro atoms. The summed E-state index contributed by atoms with van der Waals surface area (Å²) in [6.07, 6.45) is 7.30. The van der Waals surface area contributed by atoms with Crippen LogP contribution in [-0.2, 0) is 9.53 Å². The fourth-order valence-electron chi connectivity index (χ4n) is 1.64. The lowest BCUT2D eigenvalue weighted by Crippen LogP contribution is -2.21. The average Bonchev–Trinajstić information content (AvgIpc) is 2.03. The molecule has 1 aliphatic rings. The molecule has 2 heteroatoms. The van der Waals surface area contributed by atoms with Crippen molar-refractivity contribution in [3.8, 4) is 0 Å². The normalized spacial score (nSPS) is 22.5. The van der Waals surface area contributed by atoms with Crippen molar-refractivity contribution >= 4 is 5.97 Å². The van der Waals surface area contributed by atoms with Crippen molar-refractivity contribution in [3.63, 3.8) is 0 Å². The highest BCUT2D eigenvalue weighted by Crippen LogP contribution is 2.19. The molecule has 0 aliphatic carbocycles. The molecule has 0 N–H and O–H groups in total. The largest absolute Gasteiger partial charge is 0.459 e. The van der Waals surface area contributed by atoms with Gasteiger partial charge in [0.25, 0.3) is 0 Å². The van der Waals surface area contributed by atoms with Gasteiger partial charge in [0.05, 0.1) is 0 Å². The lowest BCUT2D eigenvalue weighted by molar-refractivity contribution is -0.144. The molecule has 0 bridgehead atoms. The highest BCUT2D eigenvalue weighted by molar-refractivity contribution is 5.83. The highest BCUT2D eigenvalue weighted by atomic mass is 16.5. The minimum absolute atomic E-state index is 0.143. The van der Waals surface area contributed by atoms with Gasteiger partial charge >= 0.3 is 5.97 Å². The zero-order valence-corrected chi connectivity index (χ0v) is 8.51. The minimum atomic E-state index is -0.162. The summed E-state index contributed by atoms with van der Waals surface area (Å²) in [4.78, 5) is 11.0. The number of hydrogen-bond donors (Lipinski definition) is 0. The molecule has 0 aromatic heterocycles. The van der Waals surface area contributed by atoms with E-state index < -0.39 is 0 Å². The monoisotopic (exact) mass is 182 g/mol. The first-order valence-corrected chi connectivity index (χ1v) is 5.10. The number of carbonyl (C=O) groups is 1. The van der Waals surface area contributed by atoms with Crippen molar-refractivity contribution in [2.45, 2.75) is 52.1 Å². The van der Waals surface area contributed by atoms with Gasteiger partial charge in [-0.05, 0) is 19.8 Å². The maximum absolute atomic E-state index is 11.0. The van der Waals surface area contributed by atoms with Gasteiger partial charge in [-0.15, -0.1) is 0 Å². The molecule has 0 fully saturated rings. The van der Waals surface area contributed by atoms with Crippen molar-refractivity contribution in [1.82, 2.24) is 0 Å². The molecule has 1 aliphatic heterocycles. The van der Waals surface area contributed by atoms with Crippen LogP contribution in [0.1, 0.15) is 46.0 Å². The number of esters is 1. The molecule has 0 aromatic rings. The van der Waals surface area contributed by atoms with E-state index >= 15 is 0 Å². The SMILES string of the molecule is CCCCC[C@@H]1CC(C)=CC(=O)O1. The first kappa shape index (κ1) is 10.3. The smallest absolute Gasteiger partial charge is 0.330 e. The van der Waals surface area contributed by atoms with E-state index in [4.69, 9.17) is 4.74 Å². The van der Waals surface area contributed by atoms with Crippen molar-refractivity contribution < 1.29 is 9.53 Å². The van der Waals surface area contributed by atoms with Crippen molar-refractivity contribution in [3.05, 3.63) is 11.6 Å². The van der Waals surface area contributed by atoms with Crippen molar-refractivity contribution in [2.24, 2.45) is 0 Å². The lowest BCUT2D eigenvalue weighted by atomic mass is 10.0. The molecule has 1 heterocycles. The van der Waals surface area contributed by atoms with E-state index in [1.165, 1.54) is 19.3 Å². The van der Waals surface area contributed by atoms with Crippen LogP contribution in [0.15, 0.2) is 11.6 Å². The van der Waals surface area contributed by atoms with Gasteiger partial charge in [-0.1, -0.05) is 25.3 Å². The Balaban J connectivity index is 2.29.